The van der Waals surface area contributed by atoms with E-state index in [2.05, 4.69) is 20.8 Å². The molecule has 1 amide bonds. The van der Waals surface area contributed by atoms with Gasteiger partial charge in [0.05, 0.1) is 5.69 Å². The molecule has 1 aromatic carbocycles. The van der Waals surface area contributed by atoms with Gasteiger partial charge in [0.2, 0.25) is 5.91 Å². The maximum absolute atomic E-state index is 11.3. The molecule has 17 heavy (non-hydrogen) atoms. The predicted octanol–water partition coefficient (Wildman–Crippen LogP) is 1.23. The van der Waals surface area contributed by atoms with Crippen molar-refractivity contribution in [3.05, 3.63) is 30.6 Å². The molecule has 0 aliphatic carbocycles. The number of hydrogen-bond acceptors (Lipinski definition) is 4. The van der Waals surface area contributed by atoms with Crippen LogP contribution in [0.3, 0.4) is 0 Å². The molecule has 2 rings (SSSR count). The molecule has 0 atom stereocenters. The van der Waals surface area contributed by atoms with Gasteiger partial charge >= 0.3 is 0 Å². The molecule has 88 valence electrons. The molecule has 0 spiro atoms. The van der Waals surface area contributed by atoms with E-state index in [4.69, 9.17) is 11.6 Å². The largest absolute Gasteiger partial charge is 0.326 e. The molecule has 7 heteroatoms. The van der Waals surface area contributed by atoms with Crippen LogP contribution in [0, 0.1) is 0 Å². The molecule has 0 radical (unpaired) electrons. The summed E-state index contributed by atoms with van der Waals surface area (Å²) >= 11 is 5.47. The number of amides is 1. The lowest BCUT2D eigenvalue weighted by Crippen LogP contribution is -2.11. The second-order valence-electron chi connectivity index (χ2n) is 3.29. The molecule has 2 aromatic rings. The minimum atomic E-state index is -0.102. The minimum absolute atomic E-state index is 0.102. The Morgan fingerprint density at radius 1 is 1.35 bits per heavy atom. The lowest BCUT2D eigenvalue weighted by atomic mass is 10.2. The van der Waals surface area contributed by atoms with Gasteiger partial charge in [-0.05, 0) is 34.7 Å². The monoisotopic (exact) mass is 251 g/mol. The fourth-order valence-corrected chi connectivity index (χ4v) is 1.46. The van der Waals surface area contributed by atoms with Crippen LogP contribution in [0.1, 0.15) is 6.42 Å². The highest BCUT2D eigenvalue weighted by atomic mass is 35.5. The maximum atomic E-state index is 11.3. The van der Waals surface area contributed by atoms with Crippen molar-refractivity contribution in [3.63, 3.8) is 0 Å². The van der Waals surface area contributed by atoms with Gasteiger partial charge in [0, 0.05) is 18.0 Å². The van der Waals surface area contributed by atoms with E-state index in [-0.39, 0.29) is 5.91 Å². The molecule has 1 heterocycles. The van der Waals surface area contributed by atoms with E-state index in [0.717, 1.165) is 11.4 Å². The number of aromatic nitrogens is 4. The van der Waals surface area contributed by atoms with Crippen molar-refractivity contribution in [3.8, 4) is 5.69 Å². The molecule has 0 aliphatic heterocycles. The first-order valence-corrected chi connectivity index (χ1v) is 5.52. The molecular weight excluding hydrogens is 242 g/mol. The first-order valence-electron chi connectivity index (χ1n) is 4.99. The second-order valence-corrected chi connectivity index (χ2v) is 3.67. The summed E-state index contributed by atoms with van der Waals surface area (Å²) in [7, 11) is 0. The Balaban J connectivity index is 2.06. The van der Waals surface area contributed by atoms with E-state index in [0.29, 0.717) is 12.3 Å². The Bertz CT molecular complexity index is 482. The van der Waals surface area contributed by atoms with E-state index in [1.807, 2.05) is 12.1 Å². The number of nitrogens with zero attached hydrogens (tertiary/aromatic N) is 4. The van der Waals surface area contributed by atoms with Crippen LogP contribution in [0.2, 0.25) is 0 Å². The van der Waals surface area contributed by atoms with Gasteiger partial charge in [-0.2, -0.15) is 0 Å². The molecule has 0 saturated heterocycles. The number of rotatable bonds is 4. The first kappa shape index (κ1) is 11.5. The standard InChI is InChI=1S/C10H10ClN5O/c11-6-5-10(17)13-8-1-3-9(4-2-8)16-7-12-14-15-16/h1-4,7H,5-6H2,(H,13,17). The highest BCUT2D eigenvalue weighted by Crippen LogP contribution is 2.12. The van der Waals surface area contributed by atoms with Crippen LogP contribution in [-0.2, 0) is 4.79 Å². The van der Waals surface area contributed by atoms with Gasteiger partial charge in [-0.1, -0.05) is 0 Å². The average molecular weight is 252 g/mol. The van der Waals surface area contributed by atoms with Crippen molar-refractivity contribution < 1.29 is 4.79 Å². The van der Waals surface area contributed by atoms with Gasteiger partial charge < -0.3 is 5.32 Å². The number of tetrazole rings is 1. The number of benzene rings is 1. The van der Waals surface area contributed by atoms with Crippen LogP contribution < -0.4 is 5.32 Å². The maximum Gasteiger partial charge on any atom is 0.225 e. The van der Waals surface area contributed by atoms with Gasteiger partial charge in [0.15, 0.2) is 0 Å². The zero-order valence-corrected chi connectivity index (χ0v) is 9.63. The molecule has 6 nitrogen and oxygen atoms in total. The van der Waals surface area contributed by atoms with Crippen LogP contribution in [0.4, 0.5) is 5.69 Å². The lowest BCUT2D eigenvalue weighted by molar-refractivity contribution is -0.115. The third-order valence-corrected chi connectivity index (χ3v) is 2.28. The topological polar surface area (TPSA) is 72.7 Å². The third kappa shape index (κ3) is 3.01. The highest BCUT2D eigenvalue weighted by Gasteiger charge is 2.02. The molecule has 0 aliphatic rings. The summed E-state index contributed by atoms with van der Waals surface area (Å²) in [5, 5.41) is 13.6. The van der Waals surface area contributed by atoms with Crippen LogP contribution >= 0.6 is 11.6 Å². The van der Waals surface area contributed by atoms with Crippen molar-refractivity contribution in [1.29, 1.82) is 0 Å². The normalized spacial score (nSPS) is 10.2. The highest BCUT2D eigenvalue weighted by molar-refractivity contribution is 6.19. The Morgan fingerprint density at radius 2 is 2.12 bits per heavy atom. The first-order chi connectivity index (χ1) is 8.29. The number of carbonyl (C=O) groups excluding carboxylic acids is 1. The number of halogens is 1. The zero-order chi connectivity index (χ0) is 12.1. The summed E-state index contributed by atoms with van der Waals surface area (Å²) in [6.07, 6.45) is 1.80. The number of nitrogens with one attached hydrogen (secondary N) is 1. The Labute approximate surface area is 103 Å². The van der Waals surface area contributed by atoms with Gasteiger partial charge in [0.1, 0.15) is 6.33 Å². The molecule has 0 fully saturated rings. The average Bonchev–Trinajstić information content (AvgIpc) is 2.84. The molecule has 0 saturated carbocycles. The quantitative estimate of drug-likeness (QED) is 0.830. The van der Waals surface area contributed by atoms with Crippen molar-refractivity contribution in [1.82, 2.24) is 20.2 Å². The molecule has 1 aromatic heterocycles. The number of hydrogen-bond donors (Lipinski definition) is 1. The van der Waals surface area contributed by atoms with Gasteiger partial charge in [-0.15, -0.1) is 16.7 Å². The van der Waals surface area contributed by atoms with E-state index in [9.17, 15) is 4.79 Å². The summed E-state index contributed by atoms with van der Waals surface area (Å²) in [6, 6.07) is 7.19. The van der Waals surface area contributed by atoms with Crippen molar-refractivity contribution in [2.75, 3.05) is 11.2 Å². The van der Waals surface area contributed by atoms with E-state index in [1.165, 1.54) is 11.0 Å². The van der Waals surface area contributed by atoms with Gasteiger partial charge in [-0.3, -0.25) is 4.79 Å². The van der Waals surface area contributed by atoms with Crippen LogP contribution in [-0.4, -0.2) is 32.0 Å². The lowest BCUT2D eigenvalue weighted by Gasteiger charge is -2.05. The zero-order valence-electron chi connectivity index (χ0n) is 8.88. The Morgan fingerprint density at radius 3 is 2.71 bits per heavy atom. The van der Waals surface area contributed by atoms with E-state index >= 15 is 0 Å². The fraction of sp³-hybridized carbons (Fsp3) is 0.200. The van der Waals surface area contributed by atoms with E-state index in [1.54, 1.807) is 12.1 Å². The van der Waals surface area contributed by atoms with Crippen LogP contribution in [0.15, 0.2) is 30.6 Å². The SMILES string of the molecule is O=C(CCCl)Nc1ccc(-n2cnnn2)cc1. The second kappa shape index (κ2) is 5.40. The number of alkyl halides is 1. The summed E-state index contributed by atoms with van der Waals surface area (Å²) in [5.41, 5.74) is 1.54. The summed E-state index contributed by atoms with van der Waals surface area (Å²) < 4.78 is 1.53. The van der Waals surface area contributed by atoms with Crippen molar-refractivity contribution in [2.45, 2.75) is 6.42 Å². The summed E-state index contributed by atoms with van der Waals surface area (Å²) in [6.45, 7) is 0. The summed E-state index contributed by atoms with van der Waals surface area (Å²) in [4.78, 5) is 11.3. The van der Waals surface area contributed by atoms with Crippen molar-refractivity contribution >= 4 is 23.2 Å². The minimum Gasteiger partial charge on any atom is -0.326 e. The molecule has 0 bridgehead atoms. The van der Waals surface area contributed by atoms with Crippen LogP contribution in [0.5, 0.6) is 0 Å². The fourth-order valence-electron chi connectivity index (χ4n) is 1.29. The Hall–Kier alpha value is -1.95. The number of anilines is 1. The smallest absolute Gasteiger partial charge is 0.225 e. The van der Waals surface area contributed by atoms with E-state index < -0.39 is 0 Å². The van der Waals surface area contributed by atoms with Crippen molar-refractivity contribution in [2.24, 2.45) is 0 Å². The summed E-state index contributed by atoms with van der Waals surface area (Å²) in [5.74, 6) is 0.212. The van der Waals surface area contributed by atoms with Gasteiger partial charge in [0.25, 0.3) is 0 Å². The Kier molecular flexibility index (Phi) is 3.66. The number of carbonyl (C=O) groups is 1. The predicted molar refractivity (Wildman–Crippen MR) is 63.1 cm³/mol. The van der Waals surface area contributed by atoms with Gasteiger partial charge in [-0.25, -0.2) is 4.68 Å². The molecule has 1 N–H and O–H groups in total. The van der Waals surface area contributed by atoms with Crippen LogP contribution in [0.25, 0.3) is 5.69 Å². The third-order valence-electron chi connectivity index (χ3n) is 2.09. The molecule has 0 unspecified atom stereocenters. The molecular formula is C10H10ClN5O.